The predicted molar refractivity (Wildman–Crippen MR) is 143 cm³/mol. The minimum atomic E-state index is -1.96. The molecule has 1 aromatic heterocycles. The Hall–Kier alpha value is -2.72. The van der Waals surface area contributed by atoms with Crippen molar-refractivity contribution in [2.75, 3.05) is 18.5 Å². The van der Waals surface area contributed by atoms with Crippen LogP contribution in [0.3, 0.4) is 0 Å². The molecule has 1 atom stereocenters. The third-order valence-electron chi connectivity index (χ3n) is 6.89. The van der Waals surface area contributed by atoms with Crippen LogP contribution < -0.4 is 10.7 Å². The van der Waals surface area contributed by atoms with Gasteiger partial charge in [-0.3, -0.25) is 10.1 Å². The van der Waals surface area contributed by atoms with E-state index in [4.69, 9.17) is 4.42 Å². The zero-order valence-electron chi connectivity index (χ0n) is 21.0. The Morgan fingerprint density at radius 2 is 1.51 bits per heavy atom. The quantitative estimate of drug-likeness (QED) is 0.107. The van der Waals surface area contributed by atoms with Gasteiger partial charge in [0.25, 0.3) is 5.69 Å². The van der Waals surface area contributed by atoms with Gasteiger partial charge in [0.2, 0.25) is 0 Å². The molecular weight excluding hydrogens is 461 g/mol. The molecule has 3 aromatic rings. The van der Waals surface area contributed by atoms with E-state index < -0.39 is 23.5 Å². The zero-order chi connectivity index (χ0) is 25.4. The average molecular weight is 498 g/mol. The van der Waals surface area contributed by atoms with Gasteiger partial charge < -0.3 is 9.52 Å². The van der Waals surface area contributed by atoms with Crippen LogP contribution in [-0.4, -0.2) is 23.4 Å². The van der Waals surface area contributed by atoms with Gasteiger partial charge >= 0.3 is 5.63 Å². The van der Waals surface area contributed by atoms with E-state index in [1.54, 1.807) is 36.4 Å². The molecule has 0 saturated heterocycles. The first-order valence-corrected chi connectivity index (χ1v) is 15.1. The van der Waals surface area contributed by atoms with E-state index in [9.17, 15) is 20.0 Å². The van der Waals surface area contributed by atoms with Crippen LogP contribution in [0, 0.1) is 10.1 Å². The standard InChI is InChI=1S/C28H36NO5P/c1-4-7-17-35(18-8-5-2,19-9-6-3)27(21-13-12-14-22(20-21)29(32)33)25-26(30)23-15-10-11-16-24(23)34-28(25)31/h10-16,20,27H,4-9,17-19H2,1-3H3. The molecule has 0 amide bonds. The number of rotatable bonds is 13. The molecule has 0 aliphatic rings. The van der Waals surface area contributed by atoms with Crippen molar-refractivity contribution in [1.82, 2.24) is 0 Å². The van der Waals surface area contributed by atoms with Crippen molar-refractivity contribution in [1.29, 1.82) is 0 Å². The van der Waals surface area contributed by atoms with Gasteiger partial charge in [-0.2, -0.15) is 0 Å². The van der Waals surface area contributed by atoms with Crippen LogP contribution >= 0.6 is 7.26 Å². The lowest BCUT2D eigenvalue weighted by Gasteiger charge is -2.37. The second-order valence-corrected chi connectivity index (χ2v) is 13.6. The second kappa shape index (κ2) is 12.3. The molecule has 2 aromatic carbocycles. The smallest absolute Gasteiger partial charge is 0.343 e. The SMILES string of the molecule is CCCC[P+](CCCC)(CCCC)C(c1cccc([N+](=O)[O-])c1)c1c([O-])c2ccccc2oc1=O. The fraction of sp³-hybridized carbons (Fsp3) is 0.464. The van der Waals surface area contributed by atoms with E-state index in [0.717, 1.165) is 57.0 Å². The summed E-state index contributed by atoms with van der Waals surface area (Å²) in [6.45, 7) is 6.46. The molecule has 7 heteroatoms. The van der Waals surface area contributed by atoms with E-state index >= 15 is 0 Å². The Balaban J connectivity index is 2.38. The normalized spacial score (nSPS) is 12.7. The first-order valence-electron chi connectivity index (χ1n) is 12.7. The predicted octanol–water partition coefficient (Wildman–Crippen LogP) is 7.28. The van der Waals surface area contributed by atoms with Gasteiger partial charge in [-0.15, -0.1) is 0 Å². The molecule has 0 aliphatic heterocycles. The molecule has 0 aliphatic carbocycles. The molecule has 3 rings (SSSR count). The van der Waals surface area contributed by atoms with Crippen molar-refractivity contribution in [2.45, 2.75) is 65.0 Å². The van der Waals surface area contributed by atoms with Gasteiger partial charge in [0.15, 0.2) is 0 Å². The third kappa shape index (κ3) is 5.92. The number of benzene rings is 2. The first kappa shape index (κ1) is 26.9. The topological polar surface area (TPSA) is 96.4 Å². The summed E-state index contributed by atoms with van der Waals surface area (Å²) in [6.07, 6.45) is 8.88. The summed E-state index contributed by atoms with van der Waals surface area (Å²) in [5, 5.41) is 25.9. The van der Waals surface area contributed by atoms with E-state index in [-0.39, 0.29) is 22.6 Å². The molecule has 0 spiro atoms. The van der Waals surface area contributed by atoms with Gasteiger partial charge in [0.1, 0.15) is 11.2 Å². The number of hydrogen-bond acceptors (Lipinski definition) is 5. The molecule has 0 saturated carbocycles. The summed E-state index contributed by atoms with van der Waals surface area (Å²) in [5.74, 6) is -0.303. The van der Waals surface area contributed by atoms with Crippen LogP contribution in [0.1, 0.15) is 76.1 Å². The molecule has 0 bridgehead atoms. The van der Waals surface area contributed by atoms with E-state index in [1.165, 1.54) is 6.07 Å². The molecule has 6 nitrogen and oxygen atoms in total. The molecule has 0 N–H and O–H groups in total. The molecule has 188 valence electrons. The number of nitro benzene ring substituents is 1. The van der Waals surface area contributed by atoms with Crippen molar-refractivity contribution in [3.8, 4) is 5.75 Å². The minimum absolute atomic E-state index is 0.0234. The lowest BCUT2D eigenvalue weighted by molar-refractivity contribution is -0.384. The molecule has 35 heavy (non-hydrogen) atoms. The summed E-state index contributed by atoms with van der Waals surface area (Å²) in [4.78, 5) is 24.7. The van der Waals surface area contributed by atoms with E-state index in [0.29, 0.717) is 10.9 Å². The first-order chi connectivity index (χ1) is 16.9. The lowest BCUT2D eigenvalue weighted by atomic mass is 10.0. The number of nitrogens with zero attached hydrogens (tertiary/aromatic N) is 1. The molecule has 1 unspecified atom stereocenters. The average Bonchev–Trinajstić information content (AvgIpc) is 2.86. The number of non-ortho nitro benzene ring substituents is 1. The summed E-state index contributed by atoms with van der Waals surface area (Å²) < 4.78 is 5.69. The Kier molecular flexibility index (Phi) is 9.45. The highest BCUT2D eigenvalue weighted by Crippen LogP contribution is 2.73. The minimum Gasteiger partial charge on any atom is -0.871 e. The van der Waals surface area contributed by atoms with Crippen LogP contribution in [0.4, 0.5) is 5.69 Å². The zero-order valence-corrected chi connectivity index (χ0v) is 21.9. The maximum atomic E-state index is 13.9. The molecular formula is C28H36NO5P. The maximum Gasteiger partial charge on any atom is 0.343 e. The summed E-state index contributed by atoms with van der Waals surface area (Å²) in [5.41, 5.74) is 0.0178. The van der Waals surface area contributed by atoms with Crippen molar-refractivity contribution in [3.63, 3.8) is 0 Å². The fourth-order valence-corrected chi connectivity index (χ4v) is 10.9. The van der Waals surface area contributed by atoms with Gasteiger partial charge in [-0.05, 0) is 25.3 Å². The van der Waals surface area contributed by atoms with Crippen molar-refractivity contribution in [3.05, 3.63) is 80.2 Å². The maximum absolute atomic E-state index is 13.9. The van der Waals surface area contributed by atoms with Gasteiger partial charge in [-0.1, -0.05) is 76.1 Å². The number of unbranched alkanes of at least 4 members (excludes halogenated alkanes) is 3. The Bertz CT molecular complexity index is 1180. The third-order valence-corrected chi connectivity index (χ3v) is 12.2. The van der Waals surface area contributed by atoms with Crippen LogP contribution in [0.25, 0.3) is 11.0 Å². The van der Waals surface area contributed by atoms with Crippen LogP contribution in [0.2, 0.25) is 0 Å². The lowest BCUT2D eigenvalue weighted by Crippen LogP contribution is -2.24. The number of nitro groups is 1. The molecule has 1 heterocycles. The molecule has 0 fully saturated rings. The number of hydrogen-bond donors (Lipinski definition) is 0. The Morgan fingerprint density at radius 1 is 0.914 bits per heavy atom. The van der Waals surface area contributed by atoms with Crippen LogP contribution in [0.15, 0.2) is 57.7 Å². The van der Waals surface area contributed by atoms with Crippen molar-refractivity contribution < 1.29 is 14.4 Å². The highest BCUT2D eigenvalue weighted by Gasteiger charge is 2.48. The van der Waals surface area contributed by atoms with Gasteiger partial charge in [0, 0.05) is 30.3 Å². The highest BCUT2D eigenvalue weighted by atomic mass is 31.2. The van der Waals surface area contributed by atoms with E-state index in [1.807, 2.05) is 6.07 Å². The number of fused-ring (bicyclic) bond motifs is 1. The summed E-state index contributed by atoms with van der Waals surface area (Å²) in [7, 11) is -1.96. The Morgan fingerprint density at radius 3 is 2.09 bits per heavy atom. The largest absolute Gasteiger partial charge is 0.871 e. The van der Waals surface area contributed by atoms with Crippen LogP contribution in [-0.2, 0) is 0 Å². The highest BCUT2D eigenvalue weighted by molar-refractivity contribution is 7.76. The van der Waals surface area contributed by atoms with E-state index in [2.05, 4.69) is 20.8 Å². The summed E-state index contributed by atoms with van der Waals surface area (Å²) in [6, 6.07) is 13.4. The second-order valence-electron chi connectivity index (χ2n) is 9.33. The monoisotopic (exact) mass is 497 g/mol. The van der Waals surface area contributed by atoms with Gasteiger partial charge in [-0.25, -0.2) is 4.79 Å². The molecule has 0 radical (unpaired) electrons. The summed E-state index contributed by atoms with van der Waals surface area (Å²) >= 11 is 0. The number of para-hydroxylation sites is 1. The van der Waals surface area contributed by atoms with Crippen LogP contribution in [0.5, 0.6) is 5.75 Å². The van der Waals surface area contributed by atoms with Crippen molar-refractivity contribution >= 4 is 23.9 Å². The van der Waals surface area contributed by atoms with Crippen molar-refractivity contribution in [2.24, 2.45) is 0 Å². The Labute approximate surface area is 207 Å². The van der Waals surface area contributed by atoms with Gasteiger partial charge in [0.05, 0.1) is 29.0 Å². The fourth-order valence-electron chi connectivity index (χ4n) is 5.08.